The normalized spacial score (nSPS) is 25.6. The Kier molecular flexibility index (Phi) is 7.05. The summed E-state index contributed by atoms with van der Waals surface area (Å²) >= 11 is 0. The Morgan fingerprint density at radius 3 is 2.88 bits per heavy atom. The van der Waals surface area contributed by atoms with Crippen molar-refractivity contribution in [1.82, 2.24) is 25.3 Å². The fourth-order valence-corrected chi connectivity index (χ4v) is 3.43. The maximum Gasteiger partial charge on any atom is 0.223 e. The van der Waals surface area contributed by atoms with Crippen molar-refractivity contribution in [3.8, 4) is 0 Å². The zero-order valence-corrected chi connectivity index (χ0v) is 17.3. The second kappa shape index (κ2) is 8.84. The van der Waals surface area contributed by atoms with Gasteiger partial charge in [-0.25, -0.2) is 0 Å². The van der Waals surface area contributed by atoms with Crippen LogP contribution in [0.25, 0.3) is 0 Å². The molecule has 2 aliphatic rings. The topological polar surface area (TPSA) is 83.8 Å². The maximum atomic E-state index is 12.5. The quantitative estimate of drug-likeness (QED) is 0.603. The monoisotopic (exact) mass is 462 g/mol. The summed E-state index contributed by atoms with van der Waals surface area (Å²) in [4.78, 5) is 18.8. The molecule has 3 rings (SSSR count). The third kappa shape index (κ3) is 4.63. The summed E-state index contributed by atoms with van der Waals surface area (Å²) in [6, 6.07) is 0.387. The fourth-order valence-electron chi connectivity index (χ4n) is 3.43. The van der Waals surface area contributed by atoms with Crippen LogP contribution in [0, 0.1) is 5.92 Å². The van der Waals surface area contributed by atoms with E-state index in [-0.39, 0.29) is 41.8 Å². The van der Waals surface area contributed by atoms with Crippen molar-refractivity contribution in [3.63, 3.8) is 0 Å². The molecule has 1 amide bonds. The number of amides is 1. The Morgan fingerprint density at radius 2 is 2.28 bits per heavy atom. The average molecular weight is 462 g/mol. The molecule has 3 atom stereocenters. The van der Waals surface area contributed by atoms with Gasteiger partial charge in [0.2, 0.25) is 5.91 Å². The Labute approximate surface area is 165 Å². The third-order valence-electron chi connectivity index (χ3n) is 4.58. The molecule has 1 aromatic heterocycles. The summed E-state index contributed by atoms with van der Waals surface area (Å²) in [5, 5.41) is 10.9. The van der Waals surface area contributed by atoms with Crippen LogP contribution >= 0.6 is 24.0 Å². The molecule has 0 aromatic carbocycles. The van der Waals surface area contributed by atoms with Crippen molar-refractivity contribution in [2.45, 2.75) is 25.4 Å². The number of methoxy groups -OCH3 is 1. The first kappa shape index (κ1) is 20.0. The first-order chi connectivity index (χ1) is 11.6. The standard InChI is InChI=1S/C16H26N6O2.HI/c1-11-7-17-16(20-11)18-8-12-6-14(23)22(4-5-24-3)15(12)13-9-19-21(2)10-13;/h9-12,15H,4-8H2,1-3H3,(H2,17,18,20);1H/t11?,12-,15+;/m0./s1. The van der Waals surface area contributed by atoms with Gasteiger partial charge in [-0.2, -0.15) is 5.10 Å². The molecule has 25 heavy (non-hydrogen) atoms. The molecule has 0 saturated carbocycles. The summed E-state index contributed by atoms with van der Waals surface area (Å²) in [5.41, 5.74) is 1.07. The van der Waals surface area contributed by atoms with Crippen LogP contribution in [0.5, 0.6) is 0 Å². The number of carbonyl (C=O) groups excluding carboxylic acids is 1. The average Bonchev–Trinajstić information content (AvgIpc) is 3.23. The number of guanidine groups is 1. The number of ether oxygens (including phenoxy) is 1. The molecule has 9 heteroatoms. The molecule has 0 spiro atoms. The number of aryl methyl sites for hydroxylation is 1. The Bertz CT molecular complexity index is 620. The lowest BCUT2D eigenvalue weighted by Crippen LogP contribution is -2.41. The number of aliphatic imine (C=N–C) groups is 1. The summed E-state index contributed by atoms with van der Waals surface area (Å²) in [5.74, 6) is 1.18. The molecule has 2 aliphatic heterocycles. The van der Waals surface area contributed by atoms with Crippen LogP contribution in [0.3, 0.4) is 0 Å². The van der Waals surface area contributed by atoms with E-state index < -0.39 is 0 Å². The predicted octanol–water partition coefficient (Wildman–Crippen LogP) is 0.511. The largest absolute Gasteiger partial charge is 0.383 e. The minimum atomic E-state index is 0. The van der Waals surface area contributed by atoms with Crippen LogP contribution in [-0.2, 0) is 16.6 Å². The number of aromatic nitrogens is 2. The minimum Gasteiger partial charge on any atom is -0.383 e. The highest BCUT2D eigenvalue weighted by Crippen LogP contribution is 2.37. The first-order valence-corrected chi connectivity index (χ1v) is 8.40. The molecule has 3 heterocycles. The number of nitrogens with zero attached hydrogens (tertiary/aromatic N) is 4. The second-order valence-corrected chi connectivity index (χ2v) is 6.55. The molecular weight excluding hydrogens is 435 g/mol. The van der Waals surface area contributed by atoms with Crippen LogP contribution < -0.4 is 10.6 Å². The predicted molar refractivity (Wildman–Crippen MR) is 106 cm³/mol. The highest BCUT2D eigenvalue weighted by molar-refractivity contribution is 14.0. The van der Waals surface area contributed by atoms with Gasteiger partial charge >= 0.3 is 0 Å². The van der Waals surface area contributed by atoms with Crippen molar-refractivity contribution < 1.29 is 9.53 Å². The van der Waals surface area contributed by atoms with E-state index >= 15 is 0 Å². The first-order valence-electron chi connectivity index (χ1n) is 8.40. The Balaban J connectivity index is 0.00000225. The number of nitrogens with one attached hydrogen (secondary N) is 2. The molecule has 1 saturated heterocycles. The molecule has 2 N–H and O–H groups in total. The van der Waals surface area contributed by atoms with Gasteiger partial charge in [-0.05, 0) is 6.92 Å². The zero-order valence-electron chi connectivity index (χ0n) is 14.9. The second-order valence-electron chi connectivity index (χ2n) is 6.55. The van der Waals surface area contributed by atoms with Crippen LogP contribution in [0.15, 0.2) is 17.4 Å². The van der Waals surface area contributed by atoms with Gasteiger partial charge in [0.25, 0.3) is 0 Å². The number of rotatable bonds is 6. The number of halogens is 1. The highest BCUT2D eigenvalue weighted by atomic mass is 127. The van der Waals surface area contributed by atoms with Crippen LogP contribution in [-0.4, -0.2) is 65.9 Å². The lowest BCUT2D eigenvalue weighted by atomic mass is 9.95. The Morgan fingerprint density at radius 1 is 1.48 bits per heavy atom. The van der Waals surface area contributed by atoms with Crippen molar-refractivity contribution in [3.05, 3.63) is 18.0 Å². The summed E-state index contributed by atoms with van der Waals surface area (Å²) in [6.07, 6.45) is 4.37. The van der Waals surface area contributed by atoms with Gasteiger partial charge in [0.05, 0.1) is 25.4 Å². The van der Waals surface area contributed by atoms with Gasteiger partial charge in [0.1, 0.15) is 0 Å². The van der Waals surface area contributed by atoms with Crippen molar-refractivity contribution in [2.75, 3.05) is 33.4 Å². The number of hydrogen-bond acceptors (Lipinski definition) is 6. The summed E-state index contributed by atoms with van der Waals surface area (Å²) in [7, 11) is 3.55. The van der Waals surface area contributed by atoms with Gasteiger partial charge in [-0.15, -0.1) is 24.0 Å². The van der Waals surface area contributed by atoms with Crippen LogP contribution in [0.2, 0.25) is 0 Å². The van der Waals surface area contributed by atoms with Gasteiger partial charge in [-0.1, -0.05) is 0 Å². The molecule has 1 unspecified atom stereocenters. The SMILES string of the molecule is COCCN1C(=O)C[C@@H](CNC2=NCC(C)N2)[C@@H]1c1cnn(C)c1.I. The van der Waals surface area contributed by atoms with Gasteiger partial charge < -0.3 is 20.3 Å². The molecule has 0 bridgehead atoms. The molecular formula is C16H27IN6O2. The van der Waals surface area contributed by atoms with Crippen LogP contribution in [0.1, 0.15) is 24.9 Å². The van der Waals surface area contributed by atoms with E-state index in [2.05, 4.69) is 27.6 Å². The van der Waals surface area contributed by atoms with Crippen molar-refractivity contribution in [2.24, 2.45) is 18.0 Å². The van der Waals surface area contributed by atoms with E-state index in [1.807, 2.05) is 24.3 Å². The van der Waals surface area contributed by atoms with Gasteiger partial charge in [-0.3, -0.25) is 14.5 Å². The molecule has 0 radical (unpaired) electrons. The van der Waals surface area contributed by atoms with E-state index in [1.54, 1.807) is 11.8 Å². The third-order valence-corrected chi connectivity index (χ3v) is 4.58. The molecule has 0 aliphatic carbocycles. The maximum absolute atomic E-state index is 12.5. The number of likely N-dealkylation sites (tertiary alicyclic amines) is 1. The molecule has 1 fully saturated rings. The van der Waals surface area contributed by atoms with Crippen molar-refractivity contribution in [1.29, 1.82) is 0 Å². The van der Waals surface area contributed by atoms with E-state index in [0.29, 0.717) is 32.2 Å². The summed E-state index contributed by atoms with van der Waals surface area (Å²) in [6.45, 7) is 4.73. The van der Waals surface area contributed by atoms with Gasteiger partial charge in [0.15, 0.2) is 5.96 Å². The number of hydrogen-bond donors (Lipinski definition) is 2. The van der Waals surface area contributed by atoms with Crippen molar-refractivity contribution >= 4 is 35.8 Å². The zero-order chi connectivity index (χ0) is 17.1. The van der Waals surface area contributed by atoms with Gasteiger partial charge in [0, 0.05) is 57.4 Å². The molecule has 1 aromatic rings. The smallest absolute Gasteiger partial charge is 0.223 e. The van der Waals surface area contributed by atoms with E-state index in [1.165, 1.54) is 0 Å². The van der Waals surface area contributed by atoms with E-state index in [0.717, 1.165) is 18.1 Å². The Hall–Kier alpha value is -1.36. The molecule has 8 nitrogen and oxygen atoms in total. The highest BCUT2D eigenvalue weighted by Gasteiger charge is 2.41. The lowest BCUT2D eigenvalue weighted by molar-refractivity contribution is -0.129. The fraction of sp³-hybridized carbons (Fsp3) is 0.688. The number of carbonyl (C=O) groups is 1. The molecule has 140 valence electrons. The minimum absolute atomic E-state index is 0. The lowest BCUT2D eigenvalue weighted by Gasteiger charge is -2.27. The van der Waals surface area contributed by atoms with E-state index in [4.69, 9.17) is 4.74 Å². The van der Waals surface area contributed by atoms with E-state index in [9.17, 15) is 4.79 Å². The van der Waals surface area contributed by atoms with Crippen LogP contribution in [0.4, 0.5) is 0 Å². The summed E-state index contributed by atoms with van der Waals surface area (Å²) < 4.78 is 6.95.